The van der Waals surface area contributed by atoms with E-state index in [0.29, 0.717) is 18.8 Å². The number of benzene rings is 1. The Kier molecular flexibility index (Phi) is 5.80. The van der Waals surface area contributed by atoms with Crippen LogP contribution in [0.2, 0.25) is 0 Å². The summed E-state index contributed by atoms with van der Waals surface area (Å²) < 4.78 is 24.0. The molecule has 1 aromatic carbocycles. The number of rotatable bonds is 6. The van der Waals surface area contributed by atoms with Gasteiger partial charge >= 0.3 is 0 Å². The summed E-state index contributed by atoms with van der Waals surface area (Å²) in [7, 11) is 0. The molecule has 0 saturated carbocycles. The molecule has 1 aliphatic rings. The smallest absolute Gasteiger partial charge is 0.123 e. The average molecular weight is 281 g/mol. The fourth-order valence-corrected chi connectivity index (χ4v) is 2.63. The zero-order valence-electron chi connectivity index (χ0n) is 12.3. The number of unbranched alkanes of at least 4 members (excludes halogenated alkanes) is 1. The highest BCUT2D eigenvalue weighted by Gasteiger charge is 2.21. The molecule has 112 valence electrons. The molecular formula is C16H24FNO2. The lowest BCUT2D eigenvalue weighted by molar-refractivity contribution is -0.0682. The quantitative estimate of drug-likeness (QED) is 0.748. The topological polar surface area (TPSA) is 21.7 Å². The van der Waals surface area contributed by atoms with E-state index in [1.54, 1.807) is 12.1 Å². The molecule has 1 saturated heterocycles. The van der Waals surface area contributed by atoms with Crippen molar-refractivity contribution in [3.63, 3.8) is 0 Å². The van der Waals surface area contributed by atoms with Crippen molar-refractivity contribution in [3.05, 3.63) is 30.1 Å². The molecule has 3 nitrogen and oxygen atoms in total. The maximum atomic E-state index is 12.7. The van der Waals surface area contributed by atoms with Gasteiger partial charge in [-0.3, -0.25) is 4.90 Å². The van der Waals surface area contributed by atoms with E-state index in [0.717, 1.165) is 38.2 Å². The van der Waals surface area contributed by atoms with Gasteiger partial charge in [-0.1, -0.05) is 0 Å². The fourth-order valence-electron chi connectivity index (χ4n) is 2.63. The zero-order valence-corrected chi connectivity index (χ0v) is 12.3. The second-order valence-electron chi connectivity index (χ2n) is 5.53. The normalized spacial score (nSPS) is 23.8. The predicted molar refractivity (Wildman–Crippen MR) is 77.6 cm³/mol. The van der Waals surface area contributed by atoms with Crippen molar-refractivity contribution in [1.29, 1.82) is 0 Å². The summed E-state index contributed by atoms with van der Waals surface area (Å²) in [5, 5.41) is 0. The van der Waals surface area contributed by atoms with Crippen LogP contribution in [-0.2, 0) is 4.74 Å². The molecule has 20 heavy (non-hydrogen) atoms. The molecule has 1 aromatic rings. The van der Waals surface area contributed by atoms with Crippen LogP contribution in [0.4, 0.5) is 4.39 Å². The number of ether oxygens (including phenoxy) is 2. The van der Waals surface area contributed by atoms with Gasteiger partial charge in [0, 0.05) is 13.1 Å². The van der Waals surface area contributed by atoms with Crippen molar-refractivity contribution in [1.82, 2.24) is 4.90 Å². The zero-order chi connectivity index (χ0) is 14.4. The summed E-state index contributed by atoms with van der Waals surface area (Å²) in [4.78, 5) is 2.46. The van der Waals surface area contributed by atoms with Crippen molar-refractivity contribution in [2.75, 3.05) is 26.2 Å². The minimum Gasteiger partial charge on any atom is -0.494 e. The lowest BCUT2D eigenvalue weighted by Gasteiger charge is -2.35. The third-order valence-electron chi connectivity index (χ3n) is 3.45. The molecule has 1 fully saturated rings. The third kappa shape index (κ3) is 5.10. The summed E-state index contributed by atoms with van der Waals surface area (Å²) in [6, 6.07) is 6.18. The predicted octanol–water partition coefficient (Wildman–Crippen LogP) is 3.09. The monoisotopic (exact) mass is 281 g/mol. The van der Waals surface area contributed by atoms with Gasteiger partial charge in [0.25, 0.3) is 0 Å². The van der Waals surface area contributed by atoms with Crippen LogP contribution in [-0.4, -0.2) is 43.3 Å². The number of nitrogens with zero attached hydrogens (tertiary/aromatic N) is 1. The summed E-state index contributed by atoms with van der Waals surface area (Å²) in [6.07, 6.45) is 2.78. The number of hydrogen-bond acceptors (Lipinski definition) is 3. The third-order valence-corrected chi connectivity index (χ3v) is 3.45. The van der Waals surface area contributed by atoms with Crippen LogP contribution in [0.5, 0.6) is 5.75 Å². The van der Waals surface area contributed by atoms with E-state index in [1.807, 2.05) is 0 Å². The molecule has 0 spiro atoms. The lowest BCUT2D eigenvalue weighted by atomic mass is 10.2. The molecule has 0 N–H and O–H groups in total. The highest BCUT2D eigenvalue weighted by Crippen LogP contribution is 2.13. The van der Waals surface area contributed by atoms with Crippen molar-refractivity contribution in [3.8, 4) is 5.75 Å². The standard InChI is InChI=1S/C16H24FNO2/c1-13-11-18(12-14(2)20-13)9-3-4-10-19-16-7-5-15(17)6-8-16/h5-8,13-14H,3-4,9-12H2,1-2H3/t13-,14-/m0/s1. The van der Waals surface area contributed by atoms with E-state index in [-0.39, 0.29) is 5.82 Å². The van der Waals surface area contributed by atoms with Crippen LogP contribution in [0.15, 0.2) is 24.3 Å². The first-order valence-corrected chi connectivity index (χ1v) is 7.39. The molecule has 0 aliphatic carbocycles. The van der Waals surface area contributed by atoms with E-state index in [2.05, 4.69) is 18.7 Å². The van der Waals surface area contributed by atoms with Gasteiger partial charge in [-0.2, -0.15) is 0 Å². The van der Waals surface area contributed by atoms with Crippen molar-refractivity contribution < 1.29 is 13.9 Å². The Morgan fingerprint density at radius 1 is 1.15 bits per heavy atom. The maximum absolute atomic E-state index is 12.7. The van der Waals surface area contributed by atoms with E-state index < -0.39 is 0 Å². The Morgan fingerprint density at radius 2 is 1.80 bits per heavy atom. The highest BCUT2D eigenvalue weighted by atomic mass is 19.1. The fraction of sp³-hybridized carbons (Fsp3) is 0.625. The molecular weight excluding hydrogens is 257 g/mol. The summed E-state index contributed by atoms with van der Waals surface area (Å²) in [5.41, 5.74) is 0. The first-order valence-electron chi connectivity index (χ1n) is 7.39. The van der Waals surface area contributed by atoms with E-state index >= 15 is 0 Å². The van der Waals surface area contributed by atoms with Crippen LogP contribution in [0.25, 0.3) is 0 Å². The largest absolute Gasteiger partial charge is 0.494 e. The van der Waals surface area contributed by atoms with Gasteiger partial charge in [-0.15, -0.1) is 0 Å². The van der Waals surface area contributed by atoms with Gasteiger partial charge in [-0.05, 0) is 57.5 Å². The molecule has 0 aromatic heterocycles. The molecule has 0 unspecified atom stereocenters. The van der Waals surface area contributed by atoms with Gasteiger partial charge in [0.15, 0.2) is 0 Å². The van der Waals surface area contributed by atoms with Gasteiger partial charge in [0.2, 0.25) is 0 Å². The molecule has 0 amide bonds. The average Bonchev–Trinajstić information content (AvgIpc) is 2.39. The SMILES string of the molecule is C[C@H]1CN(CCCCOc2ccc(F)cc2)C[C@H](C)O1. The van der Waals surface area contributed by atoms with E-state index in [1.165, 1.54) is 12.1 Å². The molecule has 4 heteroatoms. The first kappa shape index (κ1) is 15.3. The molecule has 0 radical (unpaired) electrons. The van der Waals surface area contributed by atoms with Crippen molar-refractivity contribution in [2.24, 2.45) is 0 Å². The number of hydrogen-bond donors (Lipinski definition) is 0. The summed E-state index contributed by atoms with van der Waals surface area (Å²) >= 11 is 0. The molecule has 1 aliphatic heterocycles. The van der Waals surface area contributed by atoms with Crippen LogP contribution < -0.4 is 4.74 Å². The minimum absolute atomic E-state index is 0.229. The van der Waals surface area contributed by atoms with Crippen molar-refractivity contribution >= 4 is 0 Å². The Bertz CT molecular complexity index is 386. The molecule has 2 rings (SSSR count). The van der Waals surface area contributed by atoms with Crippen molar-refractivity contribution in [2.45, 2.75) is 38.9 Å². The number of morpholine rings is 1. The molecule has 2 atom stereocenters. The minimum atomic E-state index is -0.229. The van der Waals surface area contributed by atoms with Gasteiger partial charge in [-0.25, -0.2) is 4.39 Å². The Balaban J connectivity index is 1.58. The van der Waals surface area contributed by atoms with Gasteiger partial charge in [0.05, 0.1) is 18.8 Å². The Morgan fingerprint density at radius 3 is 2.45 bits per heavy atom. The van der Waals surface area contributed by atoms with E-state index in [9.17, 15) is 4.39 Å². The maximum Gasteiger partial charge on any atom is 0.123 e. The van der Waals surface area contributed by atoms with Gasteiger partial charge < -0.3 is 9.47 Å². The summed E-state index contributed by atoms with van der Waals surface area (Å²) in [6.45, 7) is 8.05. The second kappa shape index (κ2) is 7.60. The van der Waals surface area contributed by atoms with Crippen LogP contribution in [0, 0.1) is 5.82 Å². The Labute approximate surface area is 120 Å². The lowest BCUT2D eigenvalue weighted by Crippen LogP contribution is -2.45. The van der Waals surface area contributed by atoms with Crippen LogP contribution >= 0.6 is 0 Å². The number of halogens is 1. The van der Waals surface area contributed by atoms with Crippen LogP contribution in [0.3, 0.4) is 0 Å². The first-order chi connectivity index (χ1) is 9.63. The molecule has 1 heterocycles. The van der Waals surface area contributed by atoms with Crippen LogP contribution in [0.1, 0.15) is 26.7 Å². The van der Waals surface area contributed by atoms with Gasteiger partial charge in [0.1, 0.15) is 11.6 Å². The Hall–Kier alpha value is -1.13. The highest BCUT2D eigenvalue weighted by molar-refractivity contribution is 5.21. The van der Waals surface area contributed by atoms with E-state index in [4.69, 9.17) is 9.47 Å². The second-order valence-corrected chi connectivity index (χ2v) is 5.53. The summed E-state index contributed by atoms with van der Waals surface area (Å²) in [5.74, 6) is 0.507. The molecule has 0 bridgehead atoms.